The van der Waals surface area contributed by atoms with E-state index >= 15 is 0 Å². The molecule has 0 fully saturated rings. The van der Waals surface area contributed by atoms with Crippen molar-refractivity contribution in [3.63, 3.8) is 0 Å². The van der Waals surface area contributed by atoms with Gasteiger partial charge in [-0.2, -0.15) is 0 Å². The Morgan fingerprint density at radius 2 is 2.08 bits per heavy atom. The Bertz CT molecular complexity index is 325. The van der Waals surface area contributed by atoms with Gasteiger partial charge in [0, 0.05) is 0 Å². The van der Waals surface area contributed by atoms with E-state index in [2.05, 4.69) is 10.9 Å². The third-order valence-corrected chi connectivity index (χ3v) is 1.42. The Labute approximate surface area is 74.3 Å². The molecule has 0 spiro atoms. The Morgan fingerprint density at radius 1 is 1.38 bits per heavy atom. The topological polar surface area (TPSA) is 78.4 Å². The van der Waals surface area contributed by atoms with Crippen LogP contribution < -0.4 is 10.9 Å². The monoisotopic (exact) mass is 180 g/mol. The van der Waals surface area contributed by atoms with Gasteiger partial charge in [-0.05, 0) is 12.1 Å². The van der Waals surface area contributed by atoms with Crippen LogP contribution in [0.15, 0.2) is 24.3 Å². The maximum absolute atomic E-state index is 10.6. The third kappa shape index (κ3) is 2.19. The van der Waals surface area contributed by atoms with Gasteiger partial charge in [0.25, 0.3) is 0 Å². The first-order valence-corrected chi connectivity index (χ1v) is 3.53. The summed E-state index contributed by atoms with van der Waals surface area (Å²) in [5.41, 5.74) is 5.07. The highest BCUT2D eigenvalue weighted by Crippen LogP contribution is 2.12. The molecule has 68 valence electrons. The molecule has 0 aromatic heterocycles. The summed E-state index contributed by atoms with van der Waals surface area (Å²) in [5.74, 6) is -1.05. The van der Waals surface area contributed by atoms with Gasteiger partial charge in [-0.15, -0.1) is 0 Å². The summed E-state index contributed by atoms with van der Waals surface area (Å²) in [5, 5.41) is 8.71. The van der Waals surface area contributed by atoms with Gasteiger partial charge in [-0.1, -0.05) is 12.1 Å². The molecule has 1 amide bonds. The van der Waals surface area contributed by atoms with Crippen LogP contribution in [0.5, 0.6) is 0 Å². The number of anilines is 1. The standard InChI is InChI=1S/C8H8N2O3/c11-5-9-10-7-4-2-1-3-6(7)8(12)13/h1-5,10H,(H,9,11)(H,12,13). The number of nitrogens with one attached hydrogen (secondary N) is 2. The molecule has 0 aliphatic rings. The van der Waals surface area contributed by atoms with Crippen molar-refractivity contribution in [2.45, 2.75) is 0 Å². The van der Waals surface area contributed by atoms with E-state index in [4.69, 9.17) is 5.11 Å². The van der Waals surface area contributed by atoms with Crippen molar-refractivity contribution in [1.29, 1.82) is 0 Å². The second-order valence-electron chi connectivity index (χ2n) is 2.24. The van der Waals surface area contributed by atoms with Crippen LogP contribution in [0, 0.1) is 0 Å². The normalized spacial score (nSPS) is 8.92. The number of amides is 1. The number of aromatic carboxylic acids is 1. The van der Waals surface area contributed by atoms with E-state index < -0.39 is 5.97 Å². The second kappa shape index (κ2) is 4.10. The maximum Gasteiger partial charge on any atom is 0.337 e. The zero-order chi connectivity index (χ0) is 9.68. The van der Waals surface area contributed by atoms with E-state index in [0.717, 1.165) is 0 Å². The molecule has 5 heteroatoms. The Kier molecular flexibility index (Phi) is 2.86. The smallest absolute Gasteiger partial charge is 0.337 e. The zero-order valence-electron chi connectivity index (χ0n) is 6.65. The molecule has 0 aliphatic carbocycles. The van der Waals surface area contributed by atoms with Crippen molar-refractivity contribution in [2.24, 2.45) is 0 Å². The van der Waals surface area contributed by atoms with Crippen LogP contribution in [0.2, 0.25) is 0 Å². The SMILES string of the molecule is O=CNNc1ccccc1C(=O)O. The van der Waals surface area contributed by atoms with Crippen molar-refractivity contribution in [1.82, 2.24) is 5.43 Å². The summed E-state index contributed by atoms with van der Waals surface area (Å²) in [6, 6.07) is 6.27. The van der Waals surface area contributed by atoms with Crippen LogP contribution in [0.4, 0.5) is 5.69 Å². The van der Waals surface area contributed by atoms with Gasteiger partial charge in [-0.3, -0.25) is 15.6 Å². The summed E-state index contributed by atoms with van der Waals surface area (Å²) < 4.78 is 0. The number of hydrazine groups is 1. The molecular formula is C8H8N2O3. The van der Waals surface area contributed by atoms with E-state index in [1.54, 1.807) is 18.2 Å². The second-order valence-corrected chi connectivity index (χ2v) is 2.24. The first-order valence-electron chi connectivity index (χ1n) is 3.53. The molecule has 1 aromatic carbocycles. The molecule has 0 aliphatic heterocycles. The van der Waals surface area contributed by atoms with Gasteiger partial charge in [0.15, 0.2) is 0 Å². The van der Waals surface area contributed by atoms with Crippen LogP contribution >= 0.6 is 0 Å². The number of benzene rings is 1. The predicted molar refractivity (Wildman–Crippen MR) is 46.2 cm³/mol. The summed E-state index contributed by atoms with van der Waals surface area (Å²) >= 11 is 0. The lowest BCUT2D eigenvalue weighted by atomic mass is 10.2. The lowest BCUT2D eigenvalue weighted by molar-refractivity contribution is -0.109. The van der Waals surface area contributed by atoms with Crippen LogP contribution in [0.25, 0.3) is 0 Å². The Hall–Kier alpha value is -2.04. The van der Waals surface area contributed by atoms with E-state index in [9.17, 15) is 9.59 Å². The highest BCUT2D eigenvalue weighted by Gasteiger charge is 2.07. The van der Waals surface area contributed by atoms with Crippen LogP contribution in [-0.2, 0) is 4.79 Å². The van der Waals surface area contributed by atoms with E-state index in [0.29, 0.717) is 12.1 Å². The van der Waals surface area contributed by atoms with Crippen LogP contribution in [0.3, 0.4) is 0 Å². The van der Waals surface area contributed by atoms with Gasteiger partial charge in [0.2, 0.25) is 6.41 Å². The first-order chi connectivity index (χ1) is 6.25. The molecule has 1 aromatic rings. The quantitative estimate of drug-likeness (QED) is 0.464. The minimum Gasteiger partial charge on any atom is -0.478 e. The number of carbonyl (C=O) groups excluding carboxylic acids is 1. The molecule has 0 radical (unpaired) electrons. The molecular weight excluding hydrogens is 172 g/mol. The lowest BCUT2D eigenvalue weighted by Crippen LogP contribution is -2.20. The molecule has 5 nitrogen and oxygen atoms in total. The molecule has 0 bridgehead atoms. The van der Waals surface area contributed by atoms with Gasteiger partial charge in [0.1, 0.15) is 0 Å². The van der Waals surface area contributed by atoms with Gasteiger partial charge >= 0.3 is 5.97 Å². The fraction of sp³-hybridized carbons (Fsp3) is 0. The first kappa shape index (κ1) is 9.05. The molecule has 1 rings (SSSR count). The summed E-state index contributed by atoms with van der Waals surface area (Å²) in [7, 11) is 0. The Morgan fingerprint density at radius 3 is 2.69 bits per heavy atom. The number of hydrogen-bond donors (Lipinski definition) is 3. The number of para-hydroxylation sites is 1. The average molecular weight is 180 g/mol. The van der Waals surface area contributed by atoms with E-state index in [-0.39, 0.29) is 5.56 Å². The number of rotatable bonds is 4. The van der Waals surface area contributed by atoms with Gasteiger partial charge in [0.05, 0.1) is 11.3 Å². The van der Waals surface area contributed by atoms with E-state index in [1.807, 2.05) is 0 Å². The van der Waals surface area contributed by atoms with Crippen LogP contribution in [-0.4, -0.2) is 17.5 Å². The van der Waals surface area contributed by atoms with Crippen molar-refractivity contribution < 1.29 is 14.7 Å². The minimum atomic E-state index is -1.05. The molecule has 0 saturated carbocycles. The largest absolute Gasteiger partial charge is 0.478 e. The highest BCUT2D eigenvalue weighted by atomic mass is 16.4. The van der Waals surface area contributed by atoms with Crippen LogP contribution in [0.1, 0.15) is 10.4 Å². The summed E-state index contributed by atoms with van der Waals surface area (Å²) in [6.45, 7) is 0. The Balaban J connectivity index is 2.90. The van der Waals surface area contributed by atoms with Crippen molar-refractivity contribution in [3.05, 3.63) is 29.8 Å². The number of carbonyl (C=O) groups is 2. The zero-order valence-corrected chi connectivity index (χ0v) is 6.65. The fourth-order valence-electron chi connectivity index (χ4n) is 0.886. The lowest BCUT2D eigenvalue weighted by Gasteiger charge is -2.06. The molecule has 3 N–H and O–H groups in total. The van der Waals surface area contributed by atoms with Gasteiger partial charge < -0.3 is 5.11 Å². The minimum absolute atomic E-state index is 0.108. The third-order valence-electron chi connectivity index (χ3n) is 1.42. The predicted octanol–water partition coefficient (Wildman–Crippen LogP) is 0.458. The van der Waals surface area contributed by atoms with Gasteiger partial charge in [-0.25, -0.2) is 4.79 Å². The molecule has 13 heavy (non-hydrogen) atoms. The average Bonchev–Trinajstić information content (AvgIpc) is 2.15. The number of carboxylic acid groups (broad SMARTS) is 1. The maximum atomic E-state index is 10.6. The summed E-state index contributed by atoms with van der Waals surface area (Å²) in [4.78, 5) is 20.6. The molecule has 0 heterocycles. The fourth-order valence-corrected chi connectivity index (χ4v) is 0.886. The number of hydrogen-bond acceptors (Lipinski definition) is 3. The molecule has 0 unspecified atom stereocenters. The van der Waals surface area contributed by atoms with Crippen molar-refractivity contribution in [3.8, 4) is 0 Å². The van der Waals surface area contributed by atoms with E-state index in [1.165, 1.54) is 6.07 Å². The summed E-state index contributed by atoms with van der Waals surface area (Å²) in [6.07, 6.45) is 0.429. The number of carboxylic acids is 1. The molecule has 0 atom stereocenters. The molecule has 0 saturated heterocycles. The van der Waals surface area contributed by atoms with Crippen molar-refractivity contribution in [2.75, 3.05) is 5.43 Å². The van der Waals surface area contributed by atoms with Crippen molar-refractivity contribution >= 4 is 18.1 Å². The highest BCUT2D eigenvalue weighted by molar-refractivity contribution is 5.94.